The van der Waals surface area contributed by atoms with Crippen molar-refractivity contribution in [1.82, 2.24) is 10.2 Å². The number of guanidine groups is 1. The van der Waals surface area contributed by atoms with Crippen molar-refractivity contribution in [2.24, 2.45) is 4.99 Å². The molecule has 0 saturated carbocycles. The fraction of sp³-hybridized carbons (Fsp3) is 0.533. The first kappa shape index (κ1) is 18.1. The van der Waals surface area contributed by atoms with Crippen molar-refractivity contribution in [3.63, 3.8) is 0 Å². The molecular formula is C15H23Cl2N3O. The fourth-order valence-electron chi connectivity index (χ4n) is 1.89. The van der Waals surface area contributed by atoms with E-state index in [0.717, 1.165) is 37.7 Å². The smallest absolute Gasteiger partial charge is 0.193 e. The van der Waals surface area contributed by atoms with Crippen molar-refractivity contribution in [2.45, 2.75) is 19.9 Å². The molecule has 6 heteroatoms. The van der Waals surface area contributed by atoms with Crippen LogP contribution in [0.25, 0.3) is 0 Å². The van der Waals surface area contributed by atoms with Crippen LogP contribution in [0.4, 0.5) is 0 Å². The van der Waals surface area contributed by atoms with Crippen molar-refractivity contribution in [2.75, 3.05) is 33.9 Å². The molecule has 0 unspecified atom stereocenters. The van der Waals surface area contributed by atoms with E-state index in [9.17, 15) is 0 Å². The normalized spacial score (nSPS) is 11.6. The zero-order valence-electron chi connectivity index (χ0n) is 12.8. The summed E-state index contributed by atoms with van der Waals surface area (Å²) in [5.74, 6) is 0.845. The Balaban J connectivity index is 2.47. The summed E-state index contributed by atoms with van der Waals surface area (Å²) in [5.41, 5.74) is 1.09. The van der Waals surface area contributed by atoms with Crippen LogP contribution in [0.1, 0.15) is 18.9 Å². The van der Waals surface area contributed by atoms with E-state index in [1.165, 1.54) is 0 Å². The molecule has 0 heterocycles. The lowest BCUT2D eigenvalue weighted by atomic mass is 10.2. The van der Waals surface area contributed by atoms with Crippen LogP contribution in [-0.2, 0) is 11.3 Å². The molecule has 1 aromatic carbocycles. The number of nitrogens with one attached hydrogen (secondary N) is 1. The van der Waals surface area contributed by atoms with Crippen LogP contribution >= 0.6 is 23.2 Å². The molecule has 0 aliphatic carbocycles. The Bertz CT molecular complexity index is 466. The summed E-state index contributed by atoms with van der Waals surface area (Å²) in [6.07, 6.45) is 0.952. The lowest BCUT2D eigenvalue weighted by Crippen LogP contribution is -2.39. The third-order valence-corrected chi connectivity index (χ3v) is 3.67. The quantitative estimate of drug-likeness (QED) is 0.472. The van der Waals surface area contributed by atoms with E-state index in [1.807, 2.05) is 37.1 Å². The lowest BCUT2D eigenvalue weighted by molar-refractivity contribution is 0.145. The summed E-state index contributed by atoms with van der Waals surface area (Å²) in [6.45, 7) is 5.06. The monoisotopic (exact) mass is 331 g/mol. The number of hydrogen-bond acceptors (Lipinski definition) is 2. The van der Waals surface area contributed by atoms with Gasteiger partial charge in [0, 0.05) is 40.4 Å². The van der Waals surface area contributed by atoms with E-state index in [2.05, 4.69) is 10.3 Å². The second kappa shape index (κ2) is 9.87. The zero-order valence-corrected chi connectivity index (χ0v) is 14.3. The maximum atomic E-state index is 6.03. The van der Waals surface area contributed by atoms with Gasteiger partial charge in [0.2, 0.25) is 0 Å². The number of halogens is 2. The first-order valence-corrected chi connectivity index (χ1v) is 7.77. The Morgan fingerprint density at radius 1 is 1.33 bits per heavy atom. The average molecular weight is 332 g/mol. The number of nitrogens with zero attached hydrogens (tertiary/aromatic N) is 2. The van der Waals surface area contributed by atoms with E-state index in [1.54, 1.807) is 7.05 Å². The van der Waals surface area contributed by atoms with Gasteiger partial charge in [-0.05, 0) is 31.0 Å². The summed E-state index contributed by atoms with van der Waals surface area (Å²) in [7, 11) is 3.76. The Morgan fingerprint density at radius 3 is 2.71 bits per heavy atom. The van der Waals surface area contributed by atoms with Crippen molar-refractivity contribution in [3.8, 4) is 0 Å². The minimum absolute atomic E-state index is 0.571. The highest BCUT2D eigenvalue weighted by Crippen LogP contribution is 2.23. The van der Waals surface area contributed by atoms with Crippen molar-refractivity contribution in [1.29, 1.82) is 0 Å². The van der Waals surface area contributed by atoms with E-state index < -0.39 is 0 Å². The summed E-state index contributed by atoms with van der Waals surface area (Å²) in [6, 6.07) is 5.65. The standard InChI is InChI=1S/C15H23Cl2N3O/c1-4-21-9-5-8-19-15(18-2)20(3)11-12-6-7-13(16)14(17)10-12/h6-7,10H,4-5,8-9,11H2,1-3H3,(H,18,19). The molecule has 0 radical (unpaired) electrons. The Morgan fingerprint density at radius 2 is 2.10 bits per heavy atom. The molecular weight excluding hydrogens is 309 g/mol. The minimum atomic E-state index is 0.571. The molecule has 1 aromatic rings. The molecule has 118 valence electrons. The van der Waals surface area contributed by atoms with Crippen molar-refractivity contribution < 1.29 is 4.74 Å². The summed E-state index contributed by atoms with van der Waals surface area (Å²) in [5, 5.41) is 4.45. The molecule has 4 nitrogen and oxygen atoms in total. The lowest BCUT2D eigenvalue weighted by Gasteiger charge is -2.22. The van der Waals surface area contributed by atoms with Crippen LogP contribution in [0.5, 0.6) is 0 Å². The average Bonchev–Trinajstić information content (AvgIpc) is 2.46. The number of hydrogen-bond donors (Lipinski definition) is 1. The fourth-order valence-corrected chi connectivity index (χ4v) is 2.21. The van der Waals surface area contributed by atoms with Gasteiger partial charge in [-0.3, -0.25) is 4.99 Å². The molecule has 0 spiro atoms. The molecule has 0 aliphatic rings. The van der Waals surface area contributed by atoms with Crippen LogP contribution in [0.2, 0.25) is 10.0 Å². The van der Waals surface area contributed by atoms with Gasteiger partial charge in [-0.1, -0.05) is 29.3 Å². The zero-order chi connectivity index (χ0) is 15.7. The first-order valence-electron chi connectivity index (χ1n) is 7.02. The van der Waals surface area contributed by atoms with Crippen LogP contribution < -0.4 is 5.32 Å². The van der Waals surface area contributed by atoms with E-state index in [-0.39, 0.29) is 0 Å². The molecule has 0 bridgehead atoms. The summed E-state index contributed by atoms with van der Waals surface area (Å²) >= 11 is 12.0. The van der Waals surface area contributed by atoms with Gasteiger partial charge in [0.25, 0.3) is 0 Å². The molecule has 0 atom stereocenters. The summed E-state index contributed by atoms with van der Waals surface area (Å²) in [4.78, 5) is 6.32. The van der Waals surface area contributed by atoms with E-state index >= 15 is 0 Å². The predicted molar refractivity (Wildman–Crippen MR) is 90.4 cm³/mol. The predicted octanol–water partition coefficient (Wildman–Crippen LogP) is 3.43. The Kier molecular flexibility index (Phi) is 8.50. The molecule has 0 amide bonds. The third-order valence-electron chi connectivity index (χ3n) is 2.93. The number of ether oxygens (including phenoxy) is 1. The van der Waals surface area contributed by atoms with E-state index in [4.69, 9.17) is 27.9 Å². The van der Waals surface area contributed by atoms with Crippen molar-refractivity contribution in [3.05, 3.63) is 33.8 Å². The topological polar surface area (TPSA) is 36.9 Å². The first-order chi connectivity index (χ1) is 10.1. The highest BCUT2D eigenvalue weighted by Gasteiger charge is 2.07. The molecule has 0 aromatic heterocycles. The molecule has 21 heavy (non-hydrogen) atoms. The van der Waals surface area contributed by atoms with Crippen LogP contribution in [0, 0.1) is 0 Å². The minimum Gasteiger partial charge on any atom is -0.382 e. The van der Waals surface area contributed by atoms with Gasteiger partial charge in [-0.15, -0.1) is 0 Å². The number of benzene rings is 1. The summed E-state index contributed by atoms with van der Waals surface area (Å²) < 4.78 is 5.31. The van der Waals surface area contributed by atoms with Gasteiger partial charge in [-0.25, -0.2) is 0 Å². The molecule has 1 N–H and O–H groups in total. The molecule has 0 fully saturated rings. The number of rotatable bonds is 7. The van der Waals surface area contributed by atoms with Gasteiger partial charge >= 0.3 is 0 Å². The Hall–Kier alpha value is -0.970. The second-order valence-corrected chi connectivity index (χ2v) is 5.44. The van der Waals surface area contributed by atoms with E-state index in [0.29, 0.717) is 16.6 Å². The maximum absolute atomic E-state index is 6.03. The van der Waals surface area contributed by atoms with Gasteiger partial charge in [-0.2, -0.15) is 0 Å². The highest BCUT2D eigenvalue weighted by atomic mass is 35.5. The largest absolute Gasteiger partial charge is 0.382 e. The molecule has 1 rings (SSSR count). The molecule has 0 saturated heterocycles. The molecule has 0 aliphatic heterocycles. The Labute approximate surface area is 137 Å². The van der Waals surface area contributed by atoms with Crippen LogP contribution in [-0.4, -0.2) is 44.7 Å². The second-order valence-electron chi connectivity index (χ2n) is 4.63. The van der Waals surface area contributed by atoms with Gasteiger partial charge < -0.3 is 15.0 Å². The van der Waals surface area contributed by atoms with Crippen LogP contribution in [0.15, 0.2) is 23.2 Å². The van der Waals surface area contributed by atoms with Gasteiger partial charge in [0.15, 0.2) is 5.96 Å². The third kappa shape index (κ3) is 6.55. The number of aliphatic imine (C=N–C) groups is 1. The van der Waals surface area contributed by atoms with Gasteiger partial charge in [0.1, 0.15) is 0 Å². The highest BCUT2D eigenvalue weighted by molar-refractivity contribution is 6.42. The van der Waals surface area contributed by atoms with Crippen molar-refractivity contribution >= 4 is 29.2 Å². The SMILES string of the molecule is CCOCCCNC(=NC)N(C)Cc1ccc(Cl)c(Cl)c1. The van der Waals surface area contributed by atoms with Gasteiger partial charge in [0.05, 0.1) is 10.0 Å². The van der Waals surface area contributed by atoms with Crippen LogP contribution in [0.3, 0.4) is 0 Å². The maximum Gasteiger partial charge on any atom is 0.193 e.